The molecule has 0 radical (unpaired) electrons. The molecule has 0 fully saturated rings. The smallest absolute Gasteiger partial charge is 0.338 e. The topological polar surface area (TPSA) is 138 Å². The molecule has 3 aromatic heterocycles. The quantitative estimate of drug-likeness (QED) is 0.224. The Hall–Kier alpha value is -4.36. The maximum absolute atomic E-state index is 13.9. The molecule has 4 heterocycles. The Morgan fingerprint density at radius 1 is 1.14 bits per heavy atom. The third-order valence-corrected chi connectivity index (χ3v) is 8.03. The van der Waals surface area contributed by atoms with Gasteiger partial charge in [-0.25, -0.2) is 14.8 Å². The van der Waals surface area contributed by atoms with E-state index in [1.54, 1.807) is 64.3 Å². The number of hydrogen-bond donors (Lipinski definition) is 1. The second-order valence-electron chi connectivity index (χ2n) is 9.10. The first kappa shape index (κ1) is 29.1. The van der Waals surface area contributed by atoms with E-state index in [-0.39, 0.29) is 23.3 Å². The van der Waals surface area contributed by atoms with Crippen molar-refractivity contribution >= 4 is 35.1 Å². The van der Waals surface area contributed by atoms with Gasteiger partial charge in [-0.1, -0.05) is 17.4 Å². The van der Waals surface area contributed by atoms with Crippen molar-refractivity contribution in [2.24, 2.45) is 4.99 Å². The number of nitrogens with zero attached hydrogens (tertiary/aromatic N) is 3. The van der Waals surface area contributed by atoms with E-state index in [0.717, 1.165) is 11.8 Å². The molecule has 1 aliphatic rings. The number of aromatic amines is 1. The molecule has 1 atom stereocenters. The van der Waals surface area contributed by atoms with E-state index in [2.05, 4.69) is 15.0 Å². The van der Waals surface area contributed by atoms with Gasteiger partial charge in [0.25, 0.3) is 11.1 Å². The second kappa shape index (κ2) is 12.2. The lowest BCUT2D eigenvalue weighted by molar-refractivity contribution is -0.139. The largest absolute Gasteiger partial charge is 0.493 e. The Labute approximate surface area is 248 Å². The van der Waals surface area contributed by atoms with Gasteiger partial charge in [-0.15, -0.1) is 0 Å². The molecule has 1 aromatic carbocycles. The number of ether oxygens (including phenoxy) is 3. The number of carbonyl (C=O) groups is 1. The summed E-state index contributed by atoms with van der Waals surface area (Å²) in [7, 11) is 1.55. The van der Waals surface area contributed by atoms with Crippen molar-refractivity contribution in [2.45, 2.75) is 44.0 Å². The van der Waals surface area contributed by atoms with Crippen LogP contribution in [0.4, 0.5) is 0 Å². The average Bonchev–Trinajstić information content (AvgIpc) is 3.50. The van der Waals surface area contributed by atoms with Crippen molar-refractivity contribution in [3.63, 3.8) is 0 Å². The molecule has 4 aromatic rings. The van der Waals surface area contributed by atoms with Crippen molar-refractivity contribution in [3.05, 3.63) is 94.7 Å². The second-order valence-corrected chi connectivity index (χ2v) is 11.1. The fourth-order valence-corrected chi connectivity index (χ4v) is 6.36. The van der Waals surface area contributed by atoms with Crippen LogP contribution in [0, 0.1) is 6.92 Å². The van der Waals surface area contributed by atoms with E-state index >= 15 is 0 Å². The highest BCUT2D eigenvalue weighted by molar-refractivity contribution is 7.99. The van der Waals surface area contributed by atoms with Gasteiger partial charge in [0.2, 0.25) is 0 Å². The monoisotopic (exact) mass is 608 g/mol. The molecule has 0 saturated carbocycles. The summed E-state index contributed by atoms with van der Waals surface area (Å²) < 4.78 is 24.4. The summed E-state index contributed by atoms with van der Waals surface area (Å²) in [6.07, 6.45) is 1.63. The van der Waals surface area contributed by atoms with E-state index < -0.39 is 12.0 Å². The molecule has 1 aliphatic heterocycles. The summed E-state index contributed by atoms with van der Waals surface area (Å²) in [6.45, 7) is 7.62. The number of furan rings is 1. The highest BCUT2D eigenvalue weighted by Gasteiger charge is 2.34. The molecule has 0 bridgehead atoms. The number of allylic oxidation sites excluding steroid dienone is 1. The summed E-state index contributed by atoms with van der Waals surface area (Å²) in [5.41, 5.74) is 1.35. The molecule has 1 N–H and O–H groups in total. The van der Waals surface area contributed by atoms with Gasteiger partial charge in [0, 0.05) is 17.8 Å². The van der Waals surface area contributed by atoms with Gasteiger partial charge in [0.15, 0.2) is 26.5 Å². The summed E-state index contributed by atoms with van der Waals surface area (Å²) >= 11 is 2.35. The summed E-state index contributed by atoms with van der Waals surface area (Å²) in [6, 6.07) is 9.35. The van der Waals surface area contributed by atoms with Crippen LogP contribution in [-0.2, 0) is 9.53 Å². The number of carbonyl (C=O) groups excluding carboxylic acids is 1. The molecule has 42 heavy (non-hydrogen) atoms. The number of hydrogen-bond acceptors (Lipinski definition) is 11. The number of benzene rings is 1. The van der Waals surface area contributed by atoms with Crippen LogP contribution in [0.1, 0.15) is 43.8 Å². The average molecular weight is 609 g/mol. The molecular weight excluding hydrogens is 580 g/mol. The molecule has 0 amide bonds. The van der Waals surface area contributed by atoms with Gasteiger partial charge >= 0.3 is 5.97 Å². The van der Waals surface area contributed by atoms with E-state index in [1.807, 2.05) is 6.92 Å². The highest BCUT2D eigenvalue weighted by Crippen LogP contribution is 2.36. The van der Waals surface area contributed by atoms with Crippen molar-refractivity contribution in [1.29, 1.82) is 0 Å². The van der Waals surface area contributed by atoms with Gasteiger partial charge in [0.1, 0.15) is 5.76 Å². The molecule has 0 spiro atoms. The third-order valence-electron chi connectivity index (χ3n) is 6.24. The third kappa shape index (κ3) is 5.83. The number of aromatic nitrogens is 3. The van der Waals surface area contributed by atoms with Gasteiger partial charge < -0.3 is 23.6 Å². The van der Waals surface area contributed by atoms with E-state index in [1.165, 1.54) is 22.0 Å². The standard InChI is InChI=1S/C29H28N4O7S2/c1-6-38-20-13-17(8-10-19(20)37-5)25-24(27(36)39-7-2)16(4)31-29-33(25)26(35)21(41-29)14-18-9-11-23(40-18)42-28-30-15(3)12-22(34)32-28/h8-14,25H,6-7H2,1-5H3,(H,30,32,34)/b21-14+/t25-/m0/s1. The van der Waals surface area contributed by atoms with E-state index in [0.29, 0.717) is 60.4 Å². The van der Waals surface area contributed by atoms with Gasteiger partial charge in [-0.05, 0) is 69.3 Å². The van der Waals surface area contributed by atoms with E-state index in [9.17, 15) is 14.4 Å². The number of fused-ring (bicyclic) bond motifs is 1. The predicted octanol–water partition coefficient (Wildman–Crippen LogP) is 3.34. The zero-order chi connectivity index (χ0) is 30.0. The lowest BCUT2D eigenvalue weighted by atomic mass is 9.95. The summed E-state index contributed by atoms with van der Waals surface area (Å²) in [5.74, 6) is 0.895. The van der Waals surface area contributed by atoms with Gasteiger partial charge in [-0.3, -0.25) is 14.2 Å². The molecule has 5 rings (SSSR count). The first-order valence-electron chi connectivity index (χ1n) is 13.1. The van der Waals surface area contributed by atoms with Crippen molar-refractivity contribution in [3.8, 4) is 11.5 Å². The molecule has 11 nitrogen and oxygen atoms in total. The first-order chi connectivity index (χ1) is 20.2. The van der Waals surface area contributed by atoms with Crippen LogP contribution in [0.15, 0.2) is 76.9 Å². The molecule has 218 valence electrons. The van der Waals surface area contributed by atoms with Crippen LogP contribution >= 0.6 is 23.1 Å². The fourth-order valence-electron chi connectivity index (χ4n) is 4.53. The van der Waals surface area contributed by atoms with Crippen LogP contribution in [0.5, 0.6) is 11.5 Å². The first-order valence-corrected chi connectivity index (χ1v) is 14.7. The predicted molar refractivity (Wildman–Crippen MR) is 157 cm³/mol. The Bertz CT molecular complexity index is 1930. The fraction of sp³-hybridized carbons (Fsp3) is 0.276. The van der Waals surface area contributed by atoms with Gasteiger partial charge in [0.05, 0.1) is 42.2 Å². The molecule has 0 saturated heterocycles. The highest BCUT2D eigenvalue weighted by atomic mass is 32.2. The van der Waals surface area contributed by atoms with Crippen molar-refractivity contribution < 1.29 is 23.4 Å². The number of rotatable bonds is 9. The lowest BCUT2D eigenvalue weighted by Crippen LogP contribution is -2.39. The molecule has 0 unspecified atom stereocenters. The number of H-pyrrole nitrogens is 1. The summed E-state index contributed by atoms with van der Waals surface area (Å²) in [5, 5.41) is 0.885. The SMILES string of the molecule is CCOC(=O)C1=C(C)N=c2s/c(=C/c3ccc(Sc4nc(C)cc(=O)[nH]4)o3)c(=O)n2[C@H]1c1ccc(OC)c(OCC)c1. The molecule has 13 heteroatoms. The minimum absolute atomic E-state index is 0.171. The van der Waals surface area contributed by atoms with E-state index in [4.69, 9.17) is 18.6 Å². The number of methoxy groups -OCH3 is 1. The minimum Gasteiger partial charge on any atom is -0.493 e. The number of esters is 1. The van der Waals surface area contributed by atoms with Gasteiger partial charge in [-0.2, -0.15) is 0 Å². The van der Waals surface area contributed by atoms with Crippen molar-refractivity contribution in [1.82, 2.24) is 14.5 Å². The Kier molecular flexibility index (Phi) is 8.50. The zero-order valence-electron chi connectivity index (χ0n) is 23.5. The minimum atomic E-state index is -0.806. The van der Waals surface area contributed by atoms with Crippen molar-refractivity contribution in [2.75, 3.05) is 20.3 Å². The van der Waals surface area contributed by atoms with Crippen LogP contribution in [0.3, 0.4) is 0 Å². The maximum Gasteiger partial charge on any atom is 0.338 e. The van der Waals surface area contributed by atoms with Crippen LogP contribution in [-0.4, -0.2) is 40.8 Å². The Balaban J connectivity index is 1.60. The number of thiazole rings is 1. The van der Waals surface area contributed by atoms with Crippen LogP contribution in [0.2, 0.25) is 0 Å². The zero-order valence-corrected chi connectivity index (χ0v) is 25.2. The number of nitrogens with one attached hydrogen (secondary N) is 1. The molecule has 0 aliphatic carbocycles. The Morgan fingerprint density at radius 3 is 2.67 bits per heavy atom. The normalized spacial score (nSPS) is 14.9. The number of aryl methyl sites for hydroxylation is 1. The van der Waals surface area contributed by atoms with Crippen LogP contribution < -0.4 is 29.9 Å². The summed E-state index contributed by atoms with van der Waals surface area (Å²) in [4.78, 5) is 50.9. The van der Waals surface area contributed by atoms with Crippen LogP contribution in [0.25, 0.3) is 6.08 Å². The lowest BCUT2D eigenvalue weighted by Gasteiger charge is -2.25. The Morgan fingerprint density at radius 2 is 1.95 bits per heavy atom. The molecular formula is C29H28N4O7S2. The maximum atomic E-state index is 13.9.